The van der Waals surface area contributed by atoms with E-state index in [2.05, 4.69) is 36.9 Å². The van der Waals surface area contributed by atoms with Crippen molar-refractivity contribution in [3.63, 3.8) is 0 Å². The van der Waals surface area contributed by atoms with Gasteiger partial charge < -0.3 is 0 Å². The lowest BCUT2D eigenvalue weighted by atomic mass is 9.92. The molecule has 2 aromatic heterocycles. The molecule has 0 aromatic carbocycles. The Balaban J connectivity index is 2.61. The molecule has 0 N–H and O–H groups in total. The quantitative estimate of drug-likeness (QED) is 0.613. The lowest BCUT2D eigenvalue weighted by molar-refractivity contribution is 0.566. The third kappa shape index (κ3) is 1.41. The van der Waals surface area contributed by atoms with Crippen molar-refractivity contribution in [1.82, 2.24) is 14.6 Å². The molecule has 68 valence electrons. The van der Waals surface area contributed by atoms with E-state index in [1.807, 2.05) is 6.07 Å². The zero-order valence-corrected chi connectivity index (χ0v) is 8.15. The van der Waals surface area contributed by atoms with Crippen LogP contribution in [-0.4, -0.2) is 14.6 Å². The molecule has 0 amide bonds. The van der Waals surface area contributed by atoms with Crippen LogP contribution in [0.25, 0.3) is 5.52 Å². The third-order valence-electron chi connectivity index (χ3n) is 2.06. The number of aromatic nitrogens is 3. The van der Waals surface area contributed by atoms with E-state index in [0.717, 1.165) is 11.2 Å². The maximum absolute atomic E-state index is 4.35. The van der Waals surface area contributed by atoms with Crippen molar-refractivity contribution in [1.29, 1.82) is 0 Å². The van der Waals surface area contributed by atoms with Crippen LogP contribution in [0.15, 0.2) is 24.7 Å². The molecular formula is C10H13N3. The molecule has 2 heterocycles. The SMILES string of the molecule is CC(C)(C)c1cc2ccnn2cn1. The Morgan fingerprint density at radius 1 is 1.31 bits per heavy atom. The van der Waals surface area contributed by atoms with Gasteiger partial charge in [0.05, 0.1) is 11.7 Å². The van der Waals surface area contributed by atoms with Gasteiger partial charge in [-0.1, -0.05) is 20.8 Å². The Bertz CT molecular complexity index is 423. The second-order valence-electron chi connectivity index (χ2n) is 4.22. The summed E-state index contributed by atoms with van der Waals surface area (Å²) in [5, 5.41) is 4.10. The van der Waals surface area contributed by atoms with Crippen molar-refractivity contribution in [2.24, 2.45) is 0 Å². The highest BCUT2D eigenvalue weighted by molar-refractivity contribution is 5.46. The maximum Gasteiger partial charge on any atom is 0.117 e. The van der Waals surface area contributed by atoms with Gasteiger partial charge >= 0.3 is 0 Å². The molecular weight excluding hydrogens is 162 g/mol. The lowest BCUT2D eigenvalue weighted by Gasteiger charge is -2.17. The first kappa shape index (κ1) is 8.23. The molecule has 0 spiro atoms. The highest BCUT2D eigenvalue weighted by atomic mass is 15.2. The van der Waals surface area contributed by atoms with Crippen LogP contribution in [-0.2, 0) is 5.41 Å². The Hall–Kier alpha value is -1.38. The van der Waals surface area contributed by atoms with Gasteiger partial charge in [0.25, 0.3) is 0 Å². The van der Waals surface area contributed by atoms with Crippen molar-refractivity contribution in [2.45, 2.75) is 26.2 Å². The van der Waals surface area contributed by atoms with E-state index in [1.165, 1.54) is 0 Å². The van der Waals surface area contributed by atoms with Crippen molar-refractivity contribution in [2.75, 3.05) is 0 Å². The molecule has 2 rings (SSSR count). The van der Waals surface area contributed by atoms with E-state index in [-0.39, 0.29) is 5.41 Å². The fourth-order valence-corrected chi connectivity index (χ4v) is 1.24. The maximum atomic E-state index is 4.35. The van der Waals surface area contributed by atoms with Crippen LogP contribution in [0.1, 0.15) is 26.5 Å². The summed E-state index contributed by atoms with van der Waals surface area (Å²) >= 11 is 0. The normalized spacial score (nSPS) is 12.2. The Morgan fingerprint density at radius 2 is 2.08 bits per heavy atom. The van der Waals surface area contributed by atoms with Crippen LogP contribution >= 0.6 is 0 Å². The monoisotopic (exact) mass is 175 g/mol. The topological polar surface area (TPSA) is 30.2 Å². The molecule has 13 heavy (non-hydrogen) atoms. The summed E-state index contributed by atoms with van der Waals surface area (Å²) < 4.78 is 1.77. The van der Waals surface area contributed by atoms with Gasteiger partial charge in [-0.25, -0.2) is 9.50 Å². The van der Waals surface area contributed by atoms with Gasteiger partial charge in [0, 0.05) is 11.1 Å². The number of fused-ring (bicyclic) bond motifs is 1. The predicted octanol–water partition coefficient (Wildman–Crippen LogP) is 2.03. The Kier molecular flexibility index (Phi) is 1.62. The van der Waals surface area contributed by atoms with Crippen LogP contribution in [0.3, 0.4) is 0 Å². The van der Waals surface area contributed by atoms with E-state index >= 15 is 0 Å². The highest BCUT2D eigenvalue weighted by Gasteiger charge is 2.15. The van der Waals surface area contributed by atoms with Crippen molar-refractivity contribution < 1.29 is 0 Å². The molecule has 0 aliphatic heterocycles. The number of hydrogen-bond acceptors (Lipinski definition) is 2. The first-order chi connectivity index (χ1) is 6.07. The Labute approximate surface area is 77.4 Å². The Morgan fingerprint density at radius 3 is 2.77 bits per heavy atom. The van der Waals surface area contributed by atoms with Gasteiger partial charge in [0.2, 0.25) is 0 Å². The smallest absolute Gasteiger partial charge is 0.117 e. The van der Waals surface area contributed by atoms with E-state index in [1.54, 1.807) is 17.0 Å². The lowest BCUT2D eigenvalue weighted by Crippen LogP contribution is -2.13. The van der Waals surface area contributed by atoms with Crippen LogP contribution in [0.2, 0.25) is 0 Å². The molecule has 0 unspecified atom stereocenters. The van der Waals surface area contributed by atoms with Gasteiger partial charge in [-0.3, -0.25) is 0 Å². The van der Waals surface area contributed by atoms with Crippen LogP contribution in [0.4, 0.5) is 0 Å². The summed E-state index contributed by atoms with van der Waals surface area (Å²) in [4.78, 5) is 4.35. The molecule has 0 fully saturated rings. The fraction of sp³-hybridized carbons (Fsp3) is 0.400. The molecule has 0 saturated carbocycles. The van der Waals surface area contributed by atoms with Crippen LogP contribution in [0, 0.1) is 0 Å². The minimum atomic E-state index is 0.103. The van der Waals surface area contributed by atoms with E-state index in [9.17, 15) is 0 Å². The molecule has 0 aliphatic carbocycles. The third-order valence-corrected chi connectivity index (χ3v) is 2.06. The first-order valence-corrected chi connectivity index (χ1v) is 4.37. The van der Waals surface area contributed by atoms with Crippen molar-refractivity contribution in [3.05, 3.63) is 30.4 Å². The molecule has 0 aliphatic rings. The van der Waals surface area contributed by atoms with Gasteiger partial charge in [-0.15, -0.1) is 0 Å². The summed E-state index contributed by atoms with van der Waals surface area (Å²) in [6.45, 7) is 6.46. The highest BCUT2D eigenvalue weighted by Crippen LogP contribution is 2.20. The van der Waals surface area contributed by atoms with E-state index in [4.69, 9.17) is 0 Å². The van der Waals surface area contributed by atoms with Crippen molar-refractivity contribution >= 4 is 5.52 Å². The molecule has 3 heteroatoms. The van der Waals surface area contributed by atoms with E-state index in [0.29, 0.717) is 0 Å². The van der Waals surface area contributed by atoms with E-state index < -0.39 is 0 Å². The van der Waals surface area contributed by atoms with Gasteiger partial charge in [-0.05, 0) is 12.1 Å². The van der Waals surface area contributed by atoms with Gasteiger partial charge in [0.15, 0.2) is 0 Å². The summed E-state index contributed by atoms with van der Waals surface area (Å²) in [5.74, 6) is 0. The fourth-order valence-electron chi connectivity index (χ4n) is 1.24. The first-order valence-electron chi connectivity index (χ1n) is 4.37. The van der Waals surface area contributed by atoms with Gasteiger partial charge in [-0.2, -0.15) is 5.10 Å². The van der Waals surface area contributed by atoms with Crippen LogP contribution in [0.5, 0.6) is 0 Å². The zero-order chi connectivity index (χ0) is 9.47. The average Bonchev–Trinajstić information content (AvgIpc) is 2.47. The molecule has 2 aromatic rings. The average molecular weight is 175 g/mol. The number of nitrogens with zero attached hydrogens (tertiary/aromatic N) is 3. The number of rotatable bonds is 0. The summed E-state index contributed by atoms with van der Waals surface area (Å²) in [7, 11) is 0. The summed E-state index contributed by atoms with van der Waals surface area (Å²) in [6, 6.07) is 4.06. The molecule has 0 atom stereocenters. The molecule has 0 radical (unpaired) electrons. The van der Waals surface area contributed by atoms with Crippen LogP contribution < -0.4 is 0 Å². The van der Waals surface area contributed by atoms with Gasteiger partial charge in [0.1, 0.15) is 6.33 Å². The number of hydrogen-bond donors (Lipinski definition) is 0. The minimum absolute atomic E-state index is 0.103. The van der Waals surface area contributed by atoms with Crippen molar-refractivity contribution in [3.8, 4) is 0 Å². The second-order valence-corrected chi connectivity index (χ2v) is 4.22. The standard InChI is InChI=1S/C10H13N3/c1-10(2,3)9-6-8-4-5-12-13(8)7-11-9/h4-7H,1-3H3. The molecule has 0 bridgehead atoms. The second kappa shape index (κ2) is 2.55. The summed E-state index contributed by atoms with van der Waals surface area (Å²) in [5.41, 5.74) is 2.30. The zero-order valence-electron chi connectivity index (χ0n) is 8.15. The predicted molar refractivity (Wildman–Crippen MR) is 51.7 cm³/mol. The molecule has 0 saturated heterocycles. The largest absolute Gasteiger partial charge is 0.241 e. The summed E-state index contributed by atoms with van der Waals surface area (Å²) in [6.07, 6.45) is 3.54. The molecule has 3 nitrogen and oxygen atoms in total. The minimum Gasteiger partial charge on any atom is -0.241 e.